The molecule has 1 fully saturated rings. The van der Waals surface area contributed by atoms with Crippen LogP contribution in [0.25, 0.3) is 0 Å². The number of pyridine rings is 1. The number of sulfonamides is 1. The van der Waals surface area contributed by atoms with E-state index in [9.17, 15) is 26.4 Å². The van der Waals surface area contributed by atoms with Crippen LogP contribution in [0, 0.1) is 5.92 Å². The van der Waals surface area contributed by atoms with Gasteiger partial charge in [-0.15, -0.1) is 0 Å². The second-order valence-corrected chi connectivity index (χ2v) is 8.66. The first-order chi connectivity index (χ1) is 12.5. The van der Waals surface area contributed by atoms with E-state index in [0.29, 0.717) is 13.0 Å². The average Bonchev–Trinajstić information content (AvgIpc) is 2.90. The Bertz CT molecular complexity index is 751. The lowest BCUT2D eigenvalue weighted by Crippen LogP contribution is -2.51. The first-order valence-electron chi connectivity index (χ1n) is 8.57. The molecule has 27 heavy (non-hydrogen) atoms. The minimum Gasteiger partial charge on any atom is -0.368 e. The summed E-state index contributed by atoms with van der Waals surface area (Å²) < 4.78 is 62.8. The third-order valence-electron chi connectivity index (χ3n) is 4.17. The topological polar surface area (TPSA) is 91.4 Å². The van der Waals surface area contributed by atoms with E-state index >= 15 is 0 Å². The van der Waals surface area contributed by atoms with Gasteiger partial charge in [0.1, 0.15) is 11.9 Å². The normalized spacial score (nSPS) is 18.4. The fourth-order valence-electron chi connectivity index (χ4n) is 2.88. The fourth-order valence-corrected chi connectivity index (χ4v) is 4.71. The first kappa shape index (κ1) is 21.4. The zero-order valence-corrected chi connectivity index (χ0v) is 15.9. The smallest absolute Gasteiger partial charge is 0.368 e. The predicted molar refractivity (Wildman–Crippen MR) is 94.5 cm³/mol. The summed E-state index contributed by atoms with van der Waals surface area (Å²) in [4.78, 5) is 16.1. The number of anilines is 1. The van der Waals surface area contributed by atoms with Crippen LogP contribution in [0.5, 0.6) is 0 Å². The van der Waals surface area contributed by atoms with E-state index in [0.717, 1.165) is 12.3 Å². The number of carbonyl (C=O) groups excluding carboxylic acids is 1. The Balaban J connectivity index is 1.86. The number of alkyl halides is 3. The van der Waals surface area contributed by atoms with Crippen molar-refractivity contribution in [2.75, 3.05) is 30.7 Å². The highest BCUT2D eigenvalue weighted by Gasteiger charge is 2.39. The zero-order chi connectivity index (χ0) is 20.2. The Kier molecular flexibility index (Phi) is 6.68. The molecule has 0 spiro atoms. The molecule has 152 valence electrons. The summed E-state index contributed by atoms with van der Waals surface area (Å²) >= 11 is 0. The second kappa shape index (κ2) is 8.42. The Morgan fingerprint density at radius 1 is 1.30 bits per heavy atom. The number of nitrogens with zero attached hydrogens (tertiary/aromatic N) is 2. The van der Waals surface area contributed by atoms with Crippen molar-refractivity contribution in [3.8, 4) is 0 Å². The molecule has 1 aromatic heterocycles. The number of halogens is 3. The highest BCUT2D eigenvalue weighted by molar-refractivity contribution is 7.89. The standard InChI is InChI=1S/C16H23F3N4O3S/c1-11(2)14(23-8-3-9-27(23,25)26)15(24)21-7-6-20-13-5-4-12(10-22-13)16(17,18)19/h4-5,10-11,14H,3,6-9H2,1-2H3,(H,20,22)(H,21,24)/t14-/m0/s1. The van der Waals surface area contributed by atoms with Crippen molar-refractivity contribution in [2.24, 2.45) is 5.92 Å². The van der Waals surface area contributed by atoms with Crippen LogP contribution < -0.4 is 10.6 Å². The SMILES string of the molecule is CC(C)[C@@H](C(=O)NCCNc1ccc(C(F)(F)F)cn1)N1CCCS1(=O)=O. The molecule has 1 amide bonds. The molecule has 1 aliphatic rings. The van der Waals surface area contributed by atoms with Gasteiger partial charge in [0.05, 0.1) is 11.3 Å². The number of hydrogen-bond acceptors (Lipinski definition) is 5. The lowest BCUT2D eigenvalue weighted by atomic mass is 10.0. The van der Waals surface area contributed by atoms with E-state index in [-0.39, 0.29) is 30.6 Å². The summed E-state index contributed by atoms with van der Waals surface area (Å²) in [7, 11) is -3.41. The largest absolute Gasteiger partial charge is 0.417 e. The molecule has 2 heterocycles. The van der Waals surface area contributed by atoms with Gasteiger partial charge < -0.3 is 10.6 Å². The van der Waals surface area contributed by atoms with Crippen molar-refractivity contribution in [3.05, 3.63) is 23.9 Å². The molecule has 1 aliphatic heterocycles. The molecule has 0 radical (unpaired) electrons. The third-order valence-corrected chi connectivity index (χ3v) is 6.10. The maximum absolute atomic E-state index is 12.5. The van der Waals surface area contributed by atoms with E-state index < -0.39 is 33.7 Å². The van der Waals surface area contributed by atoms with Gasteiger partial charge in [-0.2, -0.15) is 17.5 Å². The van der Waals surface area contributed by atoms with Crippen LogP contribution in [0.1, 0.15) is 25.8 Å². The van der Waals surface area contributed by atoms with Crippen molar-refractivity contribution in [2.45, 2.75) is 32.5 Å². The molecule has 0 unspecified atom stereocenters. The lowest BCUT2D eigenvalue weighted by Gasteiger charge is -2.28. The van der Waals surface area contributed by atoms with Gasteiger partial charge in [-0.1, -0.05) is 13.8 Å². The molecule has 2 rings (SSSR count). The lowest BCUT2D eigenvalue weighted by molar-refractivity contribution is -0.137. The van der Waals surface area contributed by atoms with Gasteiger partial charge in [-0.05, 0) is 24.5 Å². The van der Waals surface area contributed by atoms with Crippen molar-refractivity contribution < 1.29 is 26.4 Å². The van der Waals surface area contributed by atoms with Crippen LogP contribution in [-0.2, 0) is 21.0 Å². The van der Waals surface area contributed by atoms with Gasteiger partial charge in [0.2, 0.25) is 15.9 Å². The van der Waals surface area contributed by atoms with Gasteiger partial charge in [-0.3, -0.25) is 4.79 Å². The van der Waals surface area contributed by atoms with Crippen molar-refractivity contribution >= 4 is 21.7 Å². The maximum Gasteiger partial charge on any atom is 0.417 e. The minimum atomic E-state index is -4.44. The van der Waals surface area contributed by atoms with Crippen LogP contribution in [0.3, 0.4) is 0 Å². The summed E-state index contributed by atoms with van der Waals surface area (Å²) in [5.41, 5.74) is -0.840. The van der Waals surface area contributed by atoms with Crippen molar-refractivity contribution in [1.29, 1.82) is 0 Å². The molecule has 7 nitrogen and oxygen atoms in total. The Hall–Kier alpha value is -1.88. The predicted octanol–water partition coefficient (Wildman–Crippen LogP) is 1.69. The quantitative estimate of drug-likeness (QED) is 0.670. The maximum atomic E-state index is 12.5. The number of rotatable bonds is 7. The molecule has 0 saturated carbocycles. The summed E-state index contributed by atoms with van der Waals surface area (Å²) in [5, 5.41) is 5.48. The second-order valence-electron chi connectivity index (χ2n) is 6.62. The van der Waals surface area contributed by atoms with Crippen LogP contribution in [-0.4, -0.2) is 55.0 Å². The zero-order valence-electron chi connectivity index (χ0n) is 15.1. The third kappa shape index (κ3) is 5.55. The van der Waals surface area contributed by atoms with Crippen molar-refractivity contribution in [3.63, 3.8) is 0 Å². The Labute approximate surface area is 156 Å². The highest BCUT2D eigenvalue weighted by atomic mass is 32.2. The number of nitrogens with one attached hydrogen (secondary N) is 2. The molecular weight excluding hydrogens is 385 g/mol. The first-order valence-corrected chi connectivity index (χ1v) is 10.2. The molecule has 2 N–H and O–H groups in total. The molecular formula is C16H23F3N4O3S. The fraction of sp³-hybridized carbons (Fsp3) is 0.625. The molecule has 1 atom stereocenters. The van der Waals surface area contributed by atoms with E-state index in [1.54, 1.807) is 13.8 Å². The Morgan fingerprint density at radius 3 is 2.48 bits per heavy atom. The summed E-state index contributed by atoms with van der Waals surface area (Å²) in [5.74, 6) is -0.287. The summed E-state index contributed by atoms with van der Waals surface area (Å²) in [6.07, 6.45) is -3.21. The number of hydrogen-bond donors (Lipinski definition) is 2. The van der Waals surface area contributed by atoms with Gasteiger partial charge >= 0.3 is 6.18 Å². The number of carbonyl (C=O) groups is 1. The van der Waals surface area contributed by atoms with E-state index in [1.807, 2.05) is 0 Å². The van der Waals surface area contributed by atoms with E-state index in [2.05, 4.69) is 15.6 Å². The Morgan fingerprint density at radius 2 is 2.00 bits per heavy atom. The van der Waals surface area contributed by atoms with Crippen LogP contribution in [0.4, 0.5) is 19.0 Å². The minimum absolute atomic E-state index is 0.0463. The highest BCUT2D eigenvalue weighted by Crippen LogP contribution is 2.28. The molecule has 0 aromatic carbocycles. The summed E-state index contributed by atoms with van der Waals surface area (Å²) in [6, 6.07) is 1.35. The molecule has 0 bridgehead atoms. The number of aromatic nitrogens is 1. The molecule has 0 aliphatic carbocycles. The van der Waals surface area contributed by atoms with Gasteiger partial charge in [0.25, 0.3) is 0 Å². The molecule has 1 saturated heterocycles. The molecule has 11 heteroatoms. The van der Waals surface area contributed by atoms with E-state index in [4.69, 9.17) is 0 Å². The average molecular weight is 408 g/mol. The molecule has 1 aromatic rings. The van der Waals surface area contributed by atoms with Gasteiger partial charge in [0.15, 0.2) is 0 Å². The summed E-state index contributed by atoms with van der Waals surface area (Å²) in [6.45, 7) is 4.30. The van der Waals surface area contributed by atoms with Crippen LogP contribution >= 0.6 is 0 Å². The van der Waals surface area contributed by atoms with Crippen LogP contribution in [0.2, 0.25) is 0 Å². The monoisotopic (exact) mass is 408 g/mol. The van der Waals surface area contributed by atoms with Crippen molar-refractivity contribution in [1.82, 2.24) is 14.6 Å². The number of amides is 1. The van der Waals surface area contributed by atoms with E-state index in [1.165, 1.54) is 10.4 Å². The van der Waals surface area contributed by atoms with Gasteiger partial charge in [0, 0.05) is 25.8 Å². The van der Waals surface area contributed by atoms with Gasteiger partial charge in [-0.25, -0.2) is 13.4 Å². The van der Waals surface area contributed by atoms with Crippen LogP contribution in [0.15, 0.2) is 18.3 Å².